The number of nitrogens with one attached hydrogen (secondary N) is 1. The molecule has 0 aliphatic rings. The van der Waals surface area contributed by atoms with Gasteiger partial charge in [0, 0.05) is 11.1 Å². The first-order chi connectivity index (χ1) is 7.25. The van der Waals surface area contributed by atoms with Crippen LogP contribution in [0.5, 0.6) is 0 Å². The molecule has 0 fully saturated rings. The zero-order valence-electron chi connectivity index (χ0n) is 7.58. The van der Waals surface area contributed by atoms with Crippen molar-refractivity contribution in [3.63, 3.8) is 0 Å². The number of halogens is 2. The molecule has 0 saturated heterocycles. The minimum absolute atomic E-state index is 0.540. The maximum absolute atomic E-state index is 5.88. The molecule has 6 heteroatoms. The average Bonchev–Trinajstić information content (AvgIpc) is 2.73. The zero-order chi connectivity index (χ0) is 10.7. The zero-order valence-corrected chi connectivity index (χ0v) is 9.90. The highest BCUT2D eigenvalue weighted by molar-refractivity contribution is 7.03. The fourth-order valence-corrected chi connectivity index (χ4v) is 1.81. The van der Waals surface area contributed by atoms with E-state index in [9.17, 15) is 0 Å². The molecule has 3 nitrogen and oxygen atoms in total. The number of benzene rings is 1. The van der Waals surface area contributed by atoms with Crippen molar-refractivity contribution in [1.82, 2.24) is 9.59 Å². The van der Waals surface area contributed by atoms with Crippen LogP contribution >= 0.6 is 34.7 Å². The second-order valence-electron chi connectivity index (χ2n) is 2.88. The van der Waals surface area contributed by atoms with Crippen molar-refractivity contribution in [1.29, 1.82) is 0 Å². The van der Waals surface area contributed by atoms with Gasteiger partial charge in [-0.1, -0.05) is 27.7 Å². The van der Waals surface area contributed by atoms with Crippen LogP contribution < -0.4 is 5.32 Å². The van der Waals surface area contributed by atoms with E-state index in [0.717, 1.165) is 11.4 Å². The maximum atomic E-state index is 5.88. The van der Waals surface area contributed by atoms with E-state index in [1.807, 2.05) is 11.4 Å². The summed E-state index contributed by atoms with van der Waals surface area (Å²) in [5.74, 6) is 0. The Balaban J connectivity index is 2.02. The summed E-state index contributed by atoms with van der Waals surface area (Å²) < 4.78 is 3.77. The Morgan fingerprint density at radius 3 is 2.80 bits per heavy atom. The molecule has 1 aromatic heterocycles. The minimum atomic E-state index is 0.540. The lowest BCUT2D eigenvalue weighted by Gasteiger charge is -2.04. The molecule has 0 spiro atoms. The third kappa shape index (κ3) is 2.81. The summed E-state index contributed by atoms with van der Waals surface area (Å²) in [7, 11) is 0. The van der Waals surface area contributed by atoms with E-state index in [2.05, 4.69) is 14.9 Å². The highest BCUT2D eigenvalue weighted by Crippen LogP contribution is 2.25. The molecule has 0 radical (unpaired) electrons. The van der Waals surface area contributed by atoms with Gasteiger partial charge in [-0.2, -0.15) is 0 Å². The monoisotopic (exact) mass is 259 g/mol. The molecule has 2 rings (SSSR count). The topological polar surface area (TPSA) is 37.8 Å². The van der Waals surface area contributed by atoms with Gasteiger partial charge in [0.2, 0.25) is 0 Å². The molecule has 2 aromatic rings. The molecule has 0 saturated carbocycles. The SMILES string of the molecule is Clc1ccc(NCc2csnn2)cc1Cl. The van der Waals surface area contributed by atoms with Crippen LogP contribution in [0.4, 0.5) is 5.69 Å². The lowest BCUT2D eigenvalue weighted by atomic mass is 10.3. The largest absolute Gasteiger partial charge is 0.379 e. The highest BCUT2D eigenvalue weighted by Gasteiger charge is 2.00. The predicted molar refractivity (Wildman–Crippen MR) is 63.7 cm³/mol. The van der Waals surface area contributed by atoms with Crippen molar-refractivity contribution in [2.75, 3.05) is 5.32 Å². The van der Waals surface area contributed by atoms with Crippen molar-refractivity contribution in [2.24, 2.45) is 0 Å². The summed E-state index contributed by atoms with van der Waals surface area (Å²) in [6, 6.07) is 5.41. The standard InChI is InChI=1S/C9H7Cl2N3S/c10-8-2-1-6(3-9(8)11)12-4-7-5-15-14-13-7/h1-3,5,12H,4H2. The number of hydrogen-bond donors (Lipinski definition) is 1. The third-order valence-electron chi connectivity index (χ3n) is 1.80. The lowest BCUT2D eigenvalue weighted by Crippen LogP contribution is -1.99. The van der Waals surface area contributed by atoms with Gasteiger partial charge in [0.1, 0.15) is 0 Å². The van der Waals surface area contributed by atoms with Gasteiger partial charge >= 0.3 is 0 Å². The van der Waals surface area contributed by atoms with E-state index < -0.39 is 0 Å². The number of rotatable bonds is 3. The maximum Gasteiger partial charge on any atom is 0.0946 e. The molecule has 1 heterocycles. The molecular formula is C9H7Cl2N3S. The summed E-state index contributed by atoms with van der Waals surface area (Å²) in [6.45, 7) is 0.633. The third-order valence-corrected chi connectivity index (χ3v) is 3.09. The first kappa shape index (κ1) is 10.7. The highest BCUT2D eigenvalue weighted by atomic mass is 35.5. The van der Waals surface area contributed by atoms with Gasteiger partial charge in [0.15, 0.2) is 0 Å². The predicted octanol–water partition coefficient (Wildman–Crippen LogP) is 3.46. The van der Waals surface area contributed by atoms with E-state index in [1.54, 1.807) is 12.1 Å². The Bertz CT molecular complexity index is 445. The Labute approximate surface area is 101 Å². The van der Waals surface area contributed by atoms with Crippen LogP contribution in [0.3, 0.4) is 0 Å². The van der Waals surface area contributed by atoms with Crippen molar-refractivity contribution >= 4 is 40.4 Å². The summed E-state index contributed by atoms with van der Waals surface area (Å²) in [5.41, 5.74) is 1.82. The van der Waals surface area contributed by atoms with E-state index in [4.69, 9.17) is 23.2 Å². The van der Waals surface area contributed by atoms with Gasteiger partial charge in [0.25, 0.3) is 0 Å². The smallest absolute Gasteiger partial charge is 0.0946 e. The molecule has 78 valence electrons. The normalized spacial score (nSPS) is 10.3. The molecule has 0 aliphatic carbocycles. The molecule has 0 bridgehead atoms. The van der Waals surface area contributed by atoms with Crippen LogP contribution in [0.15, 0.2) is 23.6 Å². The summed E-state index contributed by atoms with van der Waals surface area (Å²) >= 11 is 13.0. The van der Waals surface area contributed by atoms with Gasteiger partial charge in [-0.15, -0.1) is 5.10 Å². The Morgan fingerprint density at radius 2 is 2.13 bits per heavy atom. The number of anilines is 1. The second-order valence-corrected chi connectivity index (χ2v) is 4.30. The van der Waals surface area contributed by atoms with E-state index in [-0.39, 0.29) is 0 Å². The Hall–Kier alpha value is -0.840. The van der Waals surface area contributed by atoms with Crippen LogP contribution in [0.1, 0.15) is 5.69 Å². The summed E-state index contributed by atoms with van der Waals surface area (Å²) in [5, 5.41) is 10.1. The van der Waals surface area contributed by atoms with E-state index >= 15 is 0 Å². The van der Waals surface area contributed by atoms with Crippen LogP contribution in [0.2, 0.25) is 10.0 Å². The first-order valence-corrected chi connectivity index (χ1v) is 5.80. The van der Waals surface area contributed by atoms with Gasteiger partial charge in [0.05, 0.1) is 22.3 Å². The van der Waals surface area contributed by atoms with Crippen molar-refractivity contribution < 1.29 is 0 Å². The van der Waals surface area contributed by atoms with Crippen LogP contribution in [0, 0.1) is 0 Å². The van der Waals surface area contributed by atoms with Crippen molar-refractivity contribution in [2.45, 2.75) is 6.54 Å². The fourth-order valence-electron chi connectivity index (χ4n) is 1.06. The van der Waals surface area contributed by atoms with Crippen molar-refractivity contribution in [3.05, 3.63) is 39.3 Å². The van der Waals surface area contributed by atoms with Gasteiger partial charge in [-0.25, -0.2) is 0 Å². The molecule has 0 unspecified atom stereocenters. The van der Waals surface area contributed by atoms with E-state index in [1.165, 1.54) is 11.5 Å². The van der Waals surface area contributed by atoms with Crippen LogP contribution in [0.25, 0.3) is 0 Å². The Kier molecular flexibility index (Phi) is 3.41. The molecule has 1 aromatic carbocycles. The molecule has 0 atom stereocenters. The number of nitrogens with zero attached hydrogens (tertiary/aromatic N) is 2. The summed E-state index contributed by atoms with van der Waals surface area (Å²) in [4.78, 5) is 0. The lowest BCUT2D eigenvalue weighted by molar-refractivity contribution is 0.999. The fraction of sp³-hybridized carbons (Fsp3) is 0.111. The second kappa shape index (κ2) is 4.79. The quantitative estimate of drug-likeness (QED) is 0.918. The van der Waals surface area contributed by atoms with Gasteiger partial charge in [-0.05, 0) is 29.7 Å². The number of hydrogen-bond acceptors (Lipinski definition) is 4. The molecule has 0 aliphatic heterocycles. The van der Waals surface area contributed by atoms with Crippen LogP contribution in [-0.4, -0.2) is 9.59 Å². The van der Waals surface area contributed by atoms with Crippen LogP contribution in [-0.2, 0) is 6.54 Å². The Morgan fingerprint density at radius 1 is 1.27 bits per heavy atom. The van der Waals surface area contributed by atoms with Gasteiger partial charge < -0.3 is 5.32 Å². The molecule has 0 amide bonds. The molecule has 1 N–H and O–H groups in total. The van der Waals surface area contributed by atoms with E-state index in [0.29, 0.717) is 16.6 Å². The molecular weight excluding hydrogens is 253 g/mol. The average molecular weight is 260 g/mol. The van der Waals surface area contributed by atoms with Crippen molar-refractivity contribution in [3.8, 4) is 0 Å². The first-order valence-electron chi connectivity index (χ1n) is 4.20. The minimum Gasteiger partial charge on any atom is -0.379 e. The molecule has 15 heavy (non-hydrogen) atoms. The summed E-state index contributed by atoms with van der Waals surface area (Å²) in [6.07, 6.45) is 0. The number of aromatic nitrogens is 2. The van der Waals surface area contributed by atoms with Gasteiger partial charge in [-0.3, -0.25) is 0 Å².